The molecule has 0 saturated carbocycles. The van der Waals surface area contributed by atoms with Gasteiger partial charge in [-0.1, -0.05) is 19.1 Å². The zero-order chi connectivity index (χ0) is 12.3. The van der Waals surface area contributed by atoms with Crippen molar-refractivity contribution in [3.8, 4) is 0 Å². The predicted octanol–water partition coefficient (Wildman–Crippen LogP) is 2.97. The van der Waals surface area contributed by atoms with E-state index < -0.39 is 5.41 Å². The Balaban J connectivity index is 2.30. The van der Waals surface area contributed by atoms with Crippen LogP contribution in [0, 0.1) is 5.41 Å². The van der Waals surface area contributed by atoms with Crippen LogP contribution in [0.1, 0.15) is 39.0 Å². The third-order valence-electron chi connectivity index (χ3n) is 3.62. The zero-order valence-corrected chi connectivity index (χ0v) is 10.4. The van der Waals surface area contributed by atoms with Gasteiger partial charge in [-0.2, -0.15) is 0 Å². The summed E-state index contributed by atoms with van der Waals surface area (Å²) in [5.74, 6) is 0.691. The Morgan fingerprint density at radius 3 is 3.24 bits per heavy atom. The van der Waals surface area contributed by atoms with E-state index in [4.69, 9.17) is 9.47 Å². The number of carbonyl (C=O) groups is 1. The van der Waals surface area contributed by atoms with Gasteiger partial charge in [-0.25, -0.2) is 0 Å². The third-order valence-corrected chi connectivity index (χ3v) is 3.62. The van der Waals surface area contributed by atoms with E-state index >= 15 is 0 Å². The molecular weight excluding hydrogens is 216 g/mol. The maximum atomic E-state index is 12.2. The molecule has 0 bridgehead atoms. The Morgan fingerprint density at radius 1 is 1.71 bits per heavy atom. The fraction of sp³-hybridized carbons (Fsp3) is 0.643. The van der Waals surface area contributed by atoms with Crippen LogP contribution >= 0.6 is 0 Å². The van der Waals surface area contributed by atoms with Crippen molar-refractivity contribution in [2.24, 2.45) is 5.41 Å². The maximum Gasteiger partial charge on any atom is 0.319 e. The van der Waals surface area contributed by atoms with Gasteiger partial charge >= 0.3 is 5.97 Å². The highest BCUT2D eigenvalue weighted by Crippen LogP contribution is 2.48. The first-order valence-corrected chi connectivity index (χ1v) is 6.40. The first-order valence-electron chi connectivity index (χ1n) is 6.40. The average molecular weight is 236 g/mol. The molecule has 3 heteroatoms. The molecule has 0 N–H and O–H groups in total. The van der Waals surface area contributed by atoms with Gasteiger partial charge in [0.15, 0.2) is 0 Å². The molecule has 0 aromatic rings. The Bertz CT molecular complexity index is 345. The third kappa shape index (κ3) is 2.11. The molecule has 0 aromatic heterocycles. The summed E-state index contributed by atoms with van der Waals surface area (Å²) in [4.78, 5) is 12.2. The van der Waals surface area contributed by atoms with Crippen molar-refractivity contribution >= 4 is 5.97 Å². The van der Waals surface area contributed by atoms with Crippen LogP contribution in [0.15, 0.2) is 24.5 Å². The van der Waals surface area contributed by atoms with E-state index in [1.807, 2.05) is 6.92 Å². The summed E-state index contributed by atoms with van der Waals surface area (Å²) in [6.07, 6.45) is 8.45. The molecule has 17 heavy (non-hydrogen) atoms. The first-order chi connectivity index (χ1) is 8.23. The van der Waals surface area contributed by atoms with Crippen LogP contribution in [0.5, 0.6) is 0 Å². The molecule has 1 saturated heterocycles. The van der Waals surface area contributed by atoms with Crippen molar-refractivity contribution in [2.45, 2.75) is 45.1 Å². The standard InChI is InChI=1S/C14H20O3/c1-3-11-10-14(13(15)16-4-2)9-7-5-6-8-12(14)17-11/h3,8,11H,1,4-7,9-10H2,2H3/t11-,14-/m1/s1. The summed E-state index contributed by atoms with van der Waals surface area (Å²) in [6, 6.07) is 0. The molecule has 1 heterocycles. The minimum absolute atomic E-state index is 0.0521. The van der Waals surface area contributed by atoms with Crippen molar-refractivity contribution in [1.82, 2.24) is 0 Å². The van der Waals surface area contributed by atoms with E-state index in [1.54, 1.807) is 6.08 Å². The average Bonchev–Trinajstić information content (AvgIpc) is 2.58. The zero-order valence-electron chi connectivity index (χ0n) is 10.4. The molecule has 1 aliphatic heterocycles. The summed E-state index contributed by atoms with van der Waals surface area (Å²) in [7, 11) is 0. The second kappa shape index (κ2) is 4.94. The van der Waals surface area contributed by atoms with Crippen molar-refractivity contribution in [3.63, 3.8) is 0 Å². The predicted molar refractivity (Wildman–Crippen MR) is 65.3 cm³/mol. The highest BCUT2D eigenvalue weighted by atomic mass is 16.5. The molecule has 0 unspecified atom stereocenters. The molecule has 2 atom stereocenters. The SMILES string of the molecule is C=C[C@@H]1C[C@]2(C(=O)OCC)CCCCC=C2O1. The Kier molecular flexibility index (Phi) is 3.55. The number of hydrogen-bond donors (Lipinski definition) is 0. The Morgan fingerprint density at radius 2 is 2.53 bits per heavy atom. The summed E-state index contributed by atoms with van der Waals surface area (Å²) in [5.41, 5.74) is -0.536. The Hall–Kier alpha value is -1.25. The summed E-state index contributed by atoms with van der Waals surface area (Å²) >= 11 is 0. The second-order valence-corrected chi connectivity index (χ2v) is 4.71. The van der Waals surface area contributed by atoms with Gasteiger partial charge in [0.05, 0.1) is 6.61 Å². The van der Waals surface area contributed by atoms with Gasteiger partial charge in [-0.05, 0) is 32.3 Å². The first kappa shape index (κ1) is 12.2. The lowest BCUT2D eigenvalue weighted by molar-refractivity contribution is -0.153. The second-order valence-electron chi connectivity index (χ2n) is 4.71. The molecule has 94 valence electrons. The van der Waals surface area contributed by atoms with Gasteiger partial charge < -0.3 is 9.47 Å². The van der Waals surface area contributed by atoms with Gasteiger partial charge in [-0.3, -0.25) is 4.79 Å². The quantitative estimate of drug-likeness (QED) is 0.558. The minimum Gasteiger partial charge on any atom is -0.490 e. The molecule has 0 aromatic carbocycles. The molecule has 1 aliphatic carbocycles. The molecule has 3 nitrogen and oxygen atoms in total. The number of carbonyl (C=O) groups excluding carboxylic acids is 1. The fourth-order valence-electron chi connectivity index (χ4n) is 2.72. The highest BCUT2D eigenvalue weighted by molar-refractivity contribution is 5.81. The molecule has 1 fully saturated rings. The molecule has 2 rings (SSSR count). The van der Waals surface area contributed by atoms with Crippen molar-refractivity contribution in [2.75, 3.05) is 6.61 Å². The number of ether oxygens (including phenoxy) is 2. The van der Waals surface area contributed by atoms with Gasteiger partial charge in [-0.15, -0.1) is 0 Å². The smallest absolute Gasteiger partial charge is 0.319 e. The summed E-state index contributed by atoms with van der Waals surface area (Å²) in [6.45, 7) is 6.02. The summed E-state index contributed by atoms with van der Waals surface area (Å²) < 4.78 is 11.0. The van der Waals surface area contributed by atoms with Crippen LogP contribution in [0.3, 0.4) is 0 Å². The van der Waals surface area contributed by atoms with Crippen LogP contribution in [0.25, 0.3) is 0 Å². The molecule has 0 spiro atoms. The van der Waals surface area contributed by atoms with Gasteiger partial charge in [0.25, 0.3) is 0 Å². The van der Waals surface area contributed by atoms with E-state index in [0.717, 1.165) is 31.4 Å². The number of hydrogen-bond acceptors (Lipinski definition) is 3. The lowest BCUT2D eigenvalue weighted by Gasteiger charge is -2.24. The van der Waals surface area contributed by atoms with E-state index in [2.05, 4.69) is 12.7 Å². The monoisotopic (exact) mass is 236 g/mol. The summed E-state index contributed by atoms with van der Waals surface area (Å²) in [5, 5.41) is 0. The van der Waals surface area contributed by atoms with Crippen molar-refractivity contribution in [1.29, 1.82) is 0 Å². The van der Waals surface area contributed by atoms with Crippen LogP contribution in [-0.4, -0.2) is 18.7 Å². The maximum absolute atomic E-state index is 12.2. The van der Waals surface area contributed by atoms with Crippen molar-refractivity contribution in [3.05, 3.63) is 24.5 Å². The fourth-order valence-corrected chi connectivity index (χ4v) is 2.72. The molecule has 2 aliphatic rings. The number of allylic oxidation sites excluding steroid dienone is 1. The van der Waals surface area contributed by atoms with Crippen LogP contribution in [0.2, 0.25) is 0 Å². The molecule has 0 amide bonds. The molecular formula is C14H20O3. The van der Waals surface area contributed by atoms with E-state index in [9.17, 15) is 4.79 Å². The molecule has 0 radical (unpaired) electrons. The number of rotatable bonds is 3. The van der Waals surface area contributed by atoms with E-state index in [-0.39, 0.29) is 12.1 Å². The number of esters is 1. The highest BCUT2D eigenvalue weighted by Gasteiger charge is 2.51. The van der Waals surface area contributed by atoms with E-state index in [0.29, 0.717) is 13.0 Å². The van der Waals surface area contributed by atoms with E-state index in [1.165, 1.54) is 0 Å². The van der Waals surface area contributed by atoms with Crippen LogP contribution < -0.4 is 0 Å². The van der Waals surface area contributed by atoms with Gasteiger partial charge in [0.2, 0.25) is 0 Å². The van der Waals surface area contributed by atoms with Gasteiger partial charge in [0, 0.05) is 6.42 Å². The van der Waals surface area contributed by atoms with Crippen molar-refractivity contribution < 1.29 is 14.3 Å². The van der Waals surface area contributed by atoms with Crippen LogP contribution in [0.4, 0.5) is 0 Å². The lowest BCUT2D eigenvalue weighted by Crippen LogP contribution is -2.32. The lowest BCUT2D eigenvalue weighted by atomic mass is 9.79. The number of fused-ring (bicyclic) bond motifs is 1. The van der Waals surface area contributed by atoms with Gasteiger partial charge in [0.1, 0.15) is 17.3 Å². The normalized spacial score (nSPS) is 31.8. The minimum atomic E-state index is -0.536. The Labute approximate surface area is 102 Å². The topological polar surface area (TPSA) is 35.5 Å². The van der Waals surface area contributed by atoms with Crippen LogP contribution in [-0.2, 0) is 14.3 Å². The largest absolute Gasteiger partial charge is 0.490 e.